The van der Waals surface area contributed by atoms with Crippen LogP contribution < -0.4 is 0 Å². The summed E-state index contributed by atoms with van der Waals surface area (Å²) in [6, 6.07) is 9.26. The van der Waals surface area contributed by atoms with Crippen molar-refractivity contribution in [1.29, 1.82) is 0 Å². The molecule has 30 heavy (non-hydrogen) atoms. The normalized spacial score (nSPS) is 41.4. The third-order valence-corrected chi connectivity index (χ3v) is 10.5. The van der Waals surface area contributed by atoms with Crippen LogP contribution in [0, 0.1) is 53.8 Å². The van der Waals surface area contributed by atoms with Gasteiger partial charge in [-0.1, -0.05) is 62.2 Å². The predicted octanol–water partition coefficient (Wildman–Crippen LogP) is 8.39. The monoisotopic (exact) mass is 404 g/mol. The standard InChI is InChI=1S/C30H44/c1-20-5-8-23(9-6-20)10-7-22(3)25-13-14-27-26(25)15-16-29-28(27)12-11-24-19-21(2)17-18-30(24,29)4/h5-6,8-9,11,21-22,25-29H,7,10,12-19H2,1-4H3. The molecule has 0 aliphatic heterocycles. The second-order valence-corrected chi connectivity index (χ2v) is 12.1. The summed E-state index contributed by atoms with van der Waals surface area (Å²) >= 11 is 0. The average molecular weight is 405 g/mol. The molecule has 0 N–H and O–H groups in total. The summed E-state index contributed by atoms with van der Waals surface area (Å²) in [5.74, 6) is 6.85. The van der Waals surface area contributed by atoms with Gasteiger partial charge in [-0.15, -0.1) is 0 Å². The Labute approximate surface area is 185 Å². The molecule has 0 heteroatoms. The van der Waals surface area contributed by atoms with E-state index >= 15 is 0 Å². The fourth-order valence-corrected chi connectivity index (χ4v) is 8.61. The van der Waals surface area contributed by atoms with Gasteiger partial charge in [-0.2, -0.15) is 0 Å². The summed E-state index contributed by atoms with van der Waals surface area (Å²) in [4.78, 5) is 0. The van der Waals surface area contributed by atoms with Crippen LogP contribution in [0.4, 0.5) is 0 Å². The molecule has 5 rings (SSSR count). The molecule has 0 saturated heterocycles. The molecule has 4 aliphatic carbocycles. The van der Waals surface area contributed by atoms with Crippen LogP contribution in [0.5, 0.6) is 0 Å². The van der Waals surface area contributed by atoms with E-state index in [9.17, 15) is 0 Å². The number of hydrogen-bond acceptors (Lipinski definition) is 0. The van der Waals surface area contributed by atoms with Crippen LogP contribution in [0.1, 0.15) is 89.7 Å². The van der Waals surface area contributed by atoms with Crippen LogP contribution in [-0.2, 0) is 6.42 Å². The van der Waals surface area contributed by atoms with Crippen molar-refractivity contribution in [1.82, 2.24) is 0 Å². The quantitative estimate of drug-likeness (QED) is 0.442. The second kappa shape index (κ2) is 8.14. The zero-order valence-corrected chi connectivity index (χ0v) is 20.0. The second-order valence-electron chi connectivity index (χ2n) is 12.1. The topological polar surface area (TPSA) is 0 Å². The van der Waals surface area contributed by atoms with Crippen molar-refractivity contribution in [2.24, 2.45) is 46.8 Å². The van der Waals surface area contributed by atoms with Crippen molar-refractivity contribution in [3.05, 3.63) is 47.0 Å². The zero-order valence-electron chi connectivity index (χ0n) is 20.0. The molecule has 0 radical (unpaired) electrons. The summed E-state index contributed by atoms with van der Waals surface area (Å²) in [7, 11) is 0. The SMILES string of the molecule is Cc1ccc(CCC(C)C2CCC3C2CCC2C3CC=C3CC(C)CCC32C)cc1. The van der Waals surface area contributed by atoms with Gasteiger partial charge < -0.3 is 0 Å². The van der Waals surface area contributed by atoms with Crippen LogP contribution in [0.3, 0.4) is 0 Å². The van der Waals surface area contributed by atoms with Gasteiger partial charge in [0.2, 0.25) is 0 Å². The molecule has 0 heterocycles. The minimum atomic E-state index is 0.551. The molecule has 164 valence electrons. The number of allylic oxidation sites excluding steroid dienone is 2. The number of hydrogen-bond donors (Lipinski definition) is 0. The molecule has 0 nitrogen and oxygen atoms in total. The number of aryl methyl sites for hydroxylation is 2. The third kappa shape index (κ3) is 3.61. The molecule has 8 unspecified atom stereocenters. The van der Waals surface area contributed by atoms with Crippen molar-refractivity contribution in [2.45, 2.75) is 91.9 Å². The van der Waals surface area contributed by atoms with Gasteiger partial charge in [0, 0.05) is 0 Å². The maximum Gasteiger partial charge on any atom is -0.00851 e. The summed E-state index contributed by atoms with van der Waals surface area (Å²) in [6.45, 7) is 9.91. The van der Waals surface area contributed by atoms with E-state index < -0.39 is 0 Å². The van der Waals surface area contributed by atoms with Crippen LogP contribution in [0.15, 0.2) is 35.9 Å². The van der Waals surface area contributed by atoms with Crippen LogP contribution >= 0.6 is 0 Å². The van der Waals surface area contributed by atoms with E-state index in [0.717, 1.165) is 41.4 Å². The van der Waals surface area contributed by atoms with Gasteiger partial charge in [-0.25, -0.2) is 0 Å². The van der Waals surface area contributed by atoms with E-state index in [1.165, 1.54) is 75.3 Å². The molecule has 0 bridgehead atoms. The first kappa shape index (κ1) is 20.8. The van der Waals surface area contributed by atoms with Gasteiger partial charge in [0.1, 0.15) is 0 Å². The Balaban J connectivity index is 1.25. The minimum Gasteiger partial charge on any atom is -0.0845 e. The summed E-state index contributed by atoms with van der Waals surface area (Å²) in [5.41, 5.74) is 5.33. The molecule has 0 aromatic heterocycles. The first-order valence-corrected chi connectivity index (χ1v) is 13.2. The van der Waals surface area contributed by atoms with Crippen molar-refractivity contribution in [2.75, 3.05) is 0 Å². The van der Waals surface area contributed by atoms with E-state index in [4.69, 9.17) is 0 Å². The lowest BCUT2D eigenvalue weighted by molar-refractivity contribution is -0.00367. The minimum absolute atomic E-state index is 0.551. The smallest absolute Gasteiger partial charge is 0.00851 e. The Bertz CT molecular complexity index is 770. The maximum atomic E-state index is 2.74. The Morgan fingerprint density at radius 2 is 1.73 bits per heavy atom. The van der Waals surface area contributed by atoms with Gasteiger partial charge in [-0.3, -0.25) is 0 Å². The largest absolute Gasteiger partial charge is 0.0845 e. The molecule has 3 saturated carbocycles. The lowest BCUT2D eigenvalue weighted by Gasteiger charge is -2.55. The molecule has 4 aliphatic rings. The highest BCUT2D eigenvalue weighted by molar-refractivity contribution is 5.24. The average Bonchev–Trinajstić information content (AvgIpc) is 3.18. The number of rotatable bonds is 4. The number of fused-ring (bicyclic) bond motifs is 5. The molecular formula is C30H44. The summed E-state index contributed by atoms with van der Waals surface area (Å²) in [6.07, 6.45) is 17.2. The van der Waals surface area contributed by atoms with Crippen molar-refractivity contribution < 1.29 is 0 Å². The van der Waals surface area contributed by atoms with Crippen molar-refractivity contribution in [3.8, 4) is 0 Å². The first-order valence-electron chi connectivity index (χ1n) is 13.2. The Morgan fingerprint density at radius 1 is 0.967 bits per heavy atom. The Morgan fingerprint density at radius 3 is 2.53 bits per heavy atom. The summed E-state index contributed by atoms with van der Waals surface area (Å²) < 4.78 is 0. The molecule has 1 aromatic rings. The molecule has 3 fully saturated rings. The van der Waals surface area contributed by atoms with Gasteiger partial charge in [-0.05, 0) is 124 Å². The first-order chi connectivity index (χ1) is 14.5. The third-order valence-electron chi connectivity index (χ3n) is 10.5. The predicted molar refractivity (Wildman–Crippen MR) is 128 cm³/mol. The highest BCUT2D eigenvalue weighted by Crippen LogP contribution is 2.63. The van der Waals surface area contributed by atoms with Gasteiger partial charge in [0.15, 0.2) is 0 Å². The van der Waals surface area contributed by atoms with E-state index in [1.807, 2.05) is 5.57 Å². The Kier molecular flexibility index (Phi) is 5.66. The Hall–Kier alpha value is -1.04. The highest BCUT2D eigenvalue weighted by Gasteiger charge is 2.54. The fourth-order valence-electron chi connectivity index (χ4n) is 8.61. The van der Waals surface area contributed by atoms with Crippen molar-refractivity contribution in [3.63, 3.8) is 0 Å². The lowest BCUT2D eigenvalue weighted by atomic mass is 9.49. The van der Waals surface area contributed by atoms with Crippen LogP contribution in [0.2, 0.25) is 0 Å². The molecular weight excluding hydrogens is 360 g/mol. The molecule has 0 spiro atoms. The molecule has 0 amide bonds. The van der Waals surface area contributed by atoms with E-state index in [2.05, 4.69) is 58.0 Å². The van der Waals surface area contributed by atoms with Gasteiger partial charge in [0.05, 0.1) is 0 Å². The lowest BCUT2D eigenvalue weighted by Crippen LogP contribution is -2.47. The van der Waals surface area contributed by atoms with E-state index in [-0.39, 0.29) is 0 Å². The summed E-state index contributed by atoms with van der Waals surface area (Å²) in [5, 5.41) is 0. The van der Waals surface area contributed by atoms with E-state index in [1.54, 1.807) is 0 Å². The fraction of sp³-hybridized carbons (Fsp3) is 0.733. The molecule has 1 aromatic carbocycles. The van der Waals surface area contributed by atoms with Crippen LogP contribution in [0.25, 0.3) is 0 Å². The zero-order chi connectivity index (χ0) is 20.9. The number of benzene rings is 1. The van der Waals surface area contributed by atoms with Crippen molar-refractivity contribution >= 4 is 0 Å². The molecule has 8 atom stereocenters. The van der Waals surface area contributed by atoms with Crippen LogP contribution in [-0.4, -0.2) is 0 Å². The van der Waals surface area contributed by atoms with E-state index in [0.29, 0.717) is 5.41 Å². The van der Waals surface area contributed by atoms with Gasteiger partial charge in [0.25, 0.3) is 0 Å². The maximum absolute atomic E-state index is 2.74. The highest BCUT2D eigenvalue weighted by atomic mass is 14.6. The van der Waals surface area contributed by atoms with Gasteiger partial charge >= 0.3 is 0 Å².